The van der Waals surface area contributed by atoms with Gasteiger partial charge in [0.2, 0.25) is 0 Å². The molecule has 22 heavy (non-hydrogen) atoms. The number of benzene rings is 1. The second kappa shape index (κ2) is 5.25. The average Bonchev–Trinajstić information content (AvgIpc) is 2.93. The van der Waals surface area contributed by atoms with Gasteiger partial charge >= 0.3 is 6.18 Å². The molecule has 0 aliphatic heterocycles. The Morgan fingerprint density at radius 2 is 1.68 bits per heavy atom. The number of aryl methyl sites for hydroxylation is 1. The lowest BCUT2D eigenvalue weighted by molar-refractivity contribution is -0.137. The normalized spacial score (nSPS) is 11.6. The Hall–Kier alpha value is -2.70. The molecule has 7 heteroatoms. The third kappa shape index (κ3) is 2.83. The van der Waals surface area contributed by atoms with Crippen LogP contribution in [-0.4, -0.2) is 20.2 Å². The summed E-state index contributed by atoms with van der Waals surface area (Å²) < 4.78 is 38.4. The summed E-state index contributed by atoms with van der Waals surface area (Å²) in [5.41, 5.74) is 0.625. The Bertz CT molecular complexity index is 808. The fourth-order valence-corrected chi connectivity index (χ4v) is 2.03. The standard InChI is InChI=1S/C15H11F3N4/c1-9-19-14(22-21-9)13-7-3-6-12(20-13)10-4-2-5-11(8-10)15(16,17)18/h2-8H,1H3,(H,19,21,22). The van der Waals surface area contributed by atoms with Gasteiger partial charge in [-0.05, 0) is 31.2 Å². The molecule has 0 atom stereocenters. The van der Waals surface area contributed by atoms with Gasteiger partial charge in [0.15, 0.2) is 5.82 Å². The van der Waals surface area contributed by atoms with E-state index < -0.39 is 11.7 Å². The number of H-pyrrole nitrogens is 1. The van der Waals surface area contributed by atoms with E-state index in [9.17, 15) is 13.2 Å². The second-order valence-electron chi connectivity index (χ2n) is 4.73. The minimum absolute atomic E-state index is 0.393. The fraction of sp³-hybridized carbons (Fsp3) is 0.133. The van der Waals surface area contributed by atoms with Gasteiger partial charge in [-0.1, -0.05) is 18.2 Å². The van der Waals surface area contributed by atoms with Gasteiger partial charge in [0.25, 0.3) is 0 Å². The first-order valence-electron chi connectivity index (χ1n) is 6.47. The van der Waals surface area contributed by atoms with Crippen molar-refractivity contribution in [3.8, 4) is 22.8 Å². The van der Waals surface area contributed by atoms with E-state index in [0.29, 0.717) is 28.6 Å². The molecule has 112 valence electrons. The lowest BCUT2D eigenvalue weighted by Gasteiger charge is -2.08. The molecule has 2 aromatic heterocycles. The number of halogens is 3. The molecule has 0 saturated heterocycles. The average molecular weight is 304 g/mol. The Labute approximate surface area is 124 Å². The first-order chi connectivity index (χ1) is 10.4. The van der Waals surface area contributed by atoms with Crippen LogP contribution in [0.3, 0.4) is 0 Å². The number of hydrogen-bond donors (Lipinski definition) is 1. The Morgan fingerprint density at radius 3 is 2.36 bits per heavy atom. The minimum atomic E-state index is -4.38. The number of pyridine rings is 1. The highest BCUT2D eigenvalue weighted by Crippen LogP contribution is 2.32. The molecular weight excluding hydrogens is 293 g/mol. The quantitative estimate of drug-likeness (QED) is 0.782. The van der Waals surface area contributed by atoms with E-state index in [1.807, 2.05) is 0 Å². The molecule has 0 unspecified atom stereocenters. The molecule has 0 radical (unpaired) electrons. The van der Waals surface area contributed by atoms with Crippen LogP contribution in [0.1, 0.15) is 11.4 Å². The van der Waals surface area contributed by atoms with E-state index in [4.69, 9.17) is 0 Å². The third-order valence-corrected chi connectivity index (χ3v) is 3.06. The summed E-state index contributed by atoms with van der Waals surface area (Å²) in [4.78, 5) is 8.50. The van der Waals surface area contributed by atoms with Gasteiger partial charge in [0.05, 0.1) is 11.3 Å². The monoisotopic (exact) mass is 304 g/mol. The molecule has 0 spiro atoms. The molecule has 3 aromatic rings. The molecule has 1 N–H and O–H groups in total. The number of aromatic nitrogens is 4. The molecule has 0 saturated carbocycles. The summed E-state index contributed by atoms with van der Waals surface area (Å²) in [6, 6.07) is 10.1. The number of aromatic amines is 1. The van der Waals surface area contributed by atoms with Crippen molar-refractivity contribution in [1.29, 1.82) is 0 Å². The lowest BCUT2D eigenvalue weighted by atomic mass is 10.1. The Balaban J connectivity index is 2.03. The maximum absolute atomic E-state index is 12.8. The van der Waals surface area contributed by atoms with Crippen molar-refractivity contribution >= 4 is 0 Å². The summed E-state index contributed by atoms with van der Waals surface area (Å²) in [7, 11) is 0. The van der Waals surface area contributed by atoms with Crippen LogP contribution in [0, 0.1) is 6.92 Å². The van der Waals surface area contributed by atoms with E-state index in [0.717, 1.165) is 12.1 Å². The maximum Gasteiger partial charge on any atom is 0.416 e. The number of nitrogens with one attached hydrogen (secondary N) is 1. The van der Waals surface area contributed by atoms with Crippen molar-refractivity contribution in [1.82, 2.24) is 20.2 Å². The van der Waals surface area contributed by atoms with Crippen molar-refractivity contribution in [2.45, 2.75) is 13.1 Å². The SMILES string of the molecule is Cc1nc(-c2cccc(-c3cccc(C(F)(F)F)c3)n2)n[nH]1. The van der Waals surface area contributed by atoms with E-state index in [2.05, 4.69) is 20.2 Å². The summed E-state index contributed by atoms with van der Waals surface area (Å²) >= 11 is 0. The van der Waals surface area contributed by atoms with Crippen molar-refractivity contribution < 1.29 is 13.2 Å². The van der Waals surface area contributed by atoms with Crippen molar-refractivity contribution in [2.24, 2.45) is 0 Å². The Morgan fingerprint density at radius 1 is 0.955 bits per heavy atom. The van der Waals surface area contributed by atoms with E-state index in [-0.39, 0.29) is 0 Å². The van der Waals surface area contributed by atoms with E-state index in [1.165, 1.54) is 6.07 Å². The smallest absolute Gasteiger partial charge is 0.263 e. The number of rotatable bonds is 2. The van der Waals surface area contributed by atoms with Crippen LogP contribution < -0.4 is 0 Å². The maximum atomic E-state index is 12.8. The highest BCUT2D eigenvalue weighted by Gasteiger charge is 2.30. The minimum Gasteiger partial charge on any atom is -0.263 e. The lowest BCUT2D eigenvalue weighted by Crippen LogP contribution is -2.04. The van der Waals surface area contributed by atoms with Crippen molar-refractivity contribution in [3.63, 3.8) is 0 Å². The van der Waals surface area contributed by atoms with Gasteiger partial charge in [-0.25, -0.2) is 9.97 Å². The summed E-state index contributed by atoms with van der Waals surface area (Å²) in [6.45, 7) is 1.76. The number of alkyl halides is 3. The second-order valence-corrected chi connectivity index (χ2v) is 4.73. The molecule has 2 heterocycles. The highest BCUT2D eigenvalue weighted by molar-refractivity contribution is 5.63. The van der Waals surface area contributed by atoms with Gasteiger partial charge in [-0.3, -0.25) is 5.10 Å². The predicted molar refractivity (Wildman–Crippen MR) is 74.8 cm³/mol. The highest BCUT2D eigenvalue weighted by atomic mass is 19.4. The van der Waals surface area contributed by atoms with Gasteiger partial charge < -0.3 is 0 Å². The first-order valence-corrected chi connectivity index (χ1v) is 6.47. The van der Waals surface area contributed by atoms with Crippen LogP contribution in [-0.2, 0) is 6.18 Å². The van der Waals surface area contributed by atoms with Gasteiger partial charge in [-0.2, -0.15) is 18.3 Å². The van der Waals surface area contributed by atoms with Gasteiger partial charge in [0.1, 0.15) is 11.5 Å². The molecule has 3 rings (SSSR count). The Kier molecular flexibility index (Phi) is 3.40. The molecule has 0 bridgehead atoms. The van der Waals surface area contributed by atoms with Gasteiger partial charge in [0, 0.05) is 5.56 Å². The zero-order valence-corrected chi connectivity index (χ0v) is 11.5. The zero-order chi connectivity index (χ0) is 15.7. The topological polar surface area (TPSA) is 54.5 Å². The van der Waals surface area contributed by atoms with Crippen LogP contribution in [0.2, 0.25) is 0 Å². The van der Waals surface area contributed by atoms with Crippen LogP contribution in [0.4, 0.5) is 13.2 Å². The van der Waals surface area contributed by atoms with Crippen LogP contribution in [0.15, 0.2) is 42.5 Å². The van der Waals surface area contributed by atoms with Crippen LogP contribution in [0.25, 0.3) is 22.8 Å². The van der Waals surface area contributed by atoms with Crippen LogP contribution >= 0.6 is 0 Å². The number of hydrogen-bond acceptors (Lipinski definition) is 3. The summed E-state index contributed by atoms with van der Waals surface area (Å²) in [5, 5.41) is 6.70. The third-order valence-electron chi connectivity index (χ3n) is 3.06. The van der Waals surface area contributed by atoms with Crippen molar-refractivity contribution in [3.05, 3.63) is 53.9 Å². The molecular formula is C15H11F3N4. The molecule has 4 nitrogen and oxygen atoms in total. The first kappa shape index (κ1) is 14.2. The van der Waals surface area contributed by atoms with Crippen molar-refractivity contribution in [2.75, 3.05) is 0 Å². The summed E-state index contributed by atoms with van der Waals surface area (Å²) in [5.74, 6) is 1.05. The molecule has 0 amide bonds. The summed E-state index contributed by atoms with van der Waals surface area (Å²) in [6.07, 6.45) is -4.38. The molecule has 0 fully saturated rings. The van der Waals surface area contributed by atoms with E-state index >= 15 is 0 Å². The fourth-order valence-electron chi connectivity index (χ4n) is 2.03. The van der Waals surface area contributed by atoms with Gasteiger partial charge in [-0.15, -0.1) is 0 Å². The largest absolute Gasteiger partial charge is 0.416 e. The molecule has 0 aliphatic carbocycles. The zero-order valence-electron chi connectivity index (χ0n) is 11.5. The molecule has 1 aromatic carbocycles. The molecule has 0 aliphatic rings. The predicted octanol–water partition coefficient (Wildman–Crippen LogP) is 3.86. The van der Waals surface area contributed by atoms with E-state index in [1.54, 1.807) is 31.2 Å². The van der Waals surface area contributed by atoms with Crippen LogP contribution in [0.5, 0.6) is 0 Å². The number of nitrogens with zero attached hydrogens (tertiary/aromatic N) is 3.